The molecule has 3 heteroatoms. The number of carbonyl (C=O) groups is 1. The van der Waals surface area contributed by atoms with Crippen LogP contribution in [-0.4, -0.2) is 36.5 Å². The van der Waals surface area contributed by atoms with Crippen LogP contribution in [0.3, 0.4) is 0 Å². The molecule has 2 aromatic rings. The fourth-order valence-electron chi connectivity index (χ4n) is 3.40. The molecule has 1 aliphatic heterocycles. The van der Waals surface area contributed by atoms with E-state index in [2.05, 4.69) is 50.2 Å². The van der Waals surface area contributed by atoms with E-state index in [4.69, 9.17) is 0 Å². The Morgan fingerprint density at radius 2 is 1.78 bits per heavy atom. The average molecular weight is 308 g/mol. The van der Waals surface area contributed by atoms with Crippen LogP contribution in [0.1, 0.15) is 33.7 Å². The zero-order valence-corrected chi connectivity index (χ0v) is 14.3. The van der Waals surface area contributed by atoms with Crippen LogP contribution in [0.15, 0.2) is 42.5 Å². The van der Waals surface area contributed by atoms with Crippen LogP contribution in [0, 0.1) is 13.8 Å². The molecule has 3 nitrogen and oxygen atoms in total. The normalized spacial score (nSPS) is 16.9. The number of urea groups is 1. The molecule has 2 amide bonds. The second-order valence-electron chi connectivity index (χ2n) is 6.60. The minimum absolute atomic E-state index is 0.0810. The van der Waals surface area contributed by atoms with Gasteiger partial charge in [-0.2, -0.15) is 0 Å². The number of hydrogen-bond acceptors (Lipinski definition) is 1. The molecule has 0 fully saturated rings. The summed E-state index contributed by atoms with van der Waals surface area (Å²) in [5, 5.41) is 0. The molecule has 1 aliphatic rings. The van der Waals surface area contributed by atoms with Crippen LogP contribution >= 0.6 is 0 Å². The van der Waals surface area contributed by atoms with Crippen LogP contribution in [0.25, 0.3) is 0 Å². The van der Waals surface area contributed by atoms with E-state index in [-0.39, 0.29) is 11.9 Å². The van der Waals surface area contributed by atoms with E-state index in [0.717, 1.165) is 6.54 Å². The number of aryl methyl sites for hydroxylation is 1. The van der Waals surface area contributed by atoms with Crippen LogP contribution in [0.2, 0.25) is 0 Å². The van der Waals surface area contributed by atoms with Crippen molar-refractivity contribution >= 4 is 6.03 Å². The van der Waals surface area contributed by atoms with Crippen molar-refractivity contribution < 1.29 is 4.79 Å². The first-order chi connectivity index (χ1) is 11.0. The molecular formula is C20H24N2O. The van der Waals surface area contributed by atoms with Crippen molar-refractivity contribution in [3.63, 3.8) is 0 Å². The van der Waals surface area contributed by atoms with E-state index in [1.165, 1.54) is 27.8 Å². The molecule has 0 saturated carbocycles. The molecular weight excluding hydrogens is 284 g/mol. The molecule has 1 atom stereocenters. The van der Waals surface area contributed by atoms with Gasteiger partial charge in [0.25, 0.3) is 0 Å². The Labute approximate surface area is 138 Å². The second-order valence-corrected chi connectivity index (χ2v) is 6.60. The van der Waals surface area contributed by atoms with E-state index < -0.39 is 0 Å². The smallest absolute Gasteiger partial charge is 0.319 e. The van der Waals surface area contributed by atoms with Gasteiger partial charge in [0, 0.05) is 33.1 Å². The summed E-state index contributed by atoms with van der Waals surface area (Å²) < 4.78 is 0. The van der Waals surface area contributed by atoms with Gasteiger partial charge in [0.05, 0.1) is 0 Å². The van der Waals surface area contributed by atoms with Crippen molar-refractivity contribution in [2.75, 3.05) is 20.6 Å². The molecule has 0 aliphatic carbocycles. The van der Waals surface area contributed by atoms with Crippen LogP contribution < -0.4 is 0 Å². The van der Waals surface area contributed by atoms with Gasteiger partial charge < -0.3 is 9.80 Å². The van der Waals surface area contributed by atoms with E-state index in [1.807, 2.05) is 25.1 Å². The first-order valence-electron chi connectivity index (χ1n) is 8.09. The highest BCUT2D eigenvalue weighted by Crippen LogP contribution is 2.36. The molecule has 0 aromatic heterocycles. The minimum Gasteiger partial charge on any atom is -0.331 e. The molecule has 0 radical (unpaired) electrons. The number of amides is 2. The lowest BCUT2D eigenvalue weighted by Crippen LogP contribution is -2.44. The van der Waals surface area contributed by atoms with E-state index in [1.54, 1.807) is 4.90 Å². The average Bonchev–Trinajstić information content (AvgIpc) is 2.57. The highest BCUT2D eigenvalue weighted by atomic mass is 16.2. The molecule has 120 valence electrons. The SMILES string of the molecule is Cc1ccc2c(c1C)CN(C(=O)N(C)C)CC2c1ccccc1. The van der Waals surface area contributed by atoms with Crippen LogP contribution in [-0.2, 0) is 6.54 Å². The van der Waals surface area contributed by atoms with Gasteiger partial charge in [0.1, 0.15) is 0 Å². The second kappa shape index (κ2) is 6.07. The number of carbonyl (C=O) groups excluding carboxylic acids is 1. The van der Waals surface area contributed by atoms with Gasteiger partial charge in [0.15, 0.2) is 0 Å². The Bertz CT molecular complexity index is 722. The number of rotatable bonds is 1. The predicted octanol–water partition coefficient (Wildman–Crippen LogP) is 3.93. The Morgan fingerprint density at radius 1 is 1.09 bits per heavy atom. The summed E-state index contributed by atoms with van der Waals surface area (Å²) in [5.74, 6) is 0.239. The Balaban J connectivity index is 2.10. The van der Waals surface area contributed by atoms with Gasteiger partial charge in [-0.05, 0) is 41.7 Å². The number of hydrogen-bond donors (Lipinski definition) is 0. The first-order valence-corrected chi connectivity index (χ1v) is 8.09. The van der Waals surface area contributed by atoms with Crippen LogP contribution in [0.4, 0.5) is 4.79 Å². The van der Waals surface area contributed by atoms with Gasteiger partial charge in [-0.3, -0.25) is 0 Å². The summed E-state index contributed by atoms with van der Waals surface area (Å²) in [6.45, 7) is 5.74. The van der Waals surface area contributed by atoms with Gasteiger partial charge in [-0.1, -0.05) is 42.5 Å². The predicted molar refractivity (Wildman–Crippen MR) is 93.7 cm³/mol. The lowest BCUT2D eigenvalue weighted by molar-refractivity contribution is 0.162. The molecule has 0 saturated heterocycles. The number of nitrogens with zero attached hydrogens (tertiary/aromatic N) is 2. The van der Waals surface area contributed by atoms with Crippen molar-refractivity contribution in [3.05, 3.63) is 70.3 Å². The largest absolute Gasteiger partial charge is 0.331 e. The Hall–Kier alpha value is -2.29. The molecule has 23 heavy (non-hydrogen) atoms. The molecule has 0 N–H and O–H groups in total. The summed E-state index contributed by atoms with van der Waals surface area (Å²) in [6, 6.07) is 15.0. The maximum atomic E-state index is 12.5. The lowest BCUT2D eigenvalue weighted by Gasteiger charge is -2.37. The zero-order chi connectivity index (χ0) is 16.6. The third kappa shape index (κ3) is 2.83. The topological polar surface area (TPSA) is 23.6 Å². The van der Waals surface area contributed by atoms with Gasteiger partial charge in [-0.15, -0.1) is 0 Å². The van der Waals surface area contributed by atoms with E-state index in [9.17, 15) is 4.79 Å². The van der Waals surface area contributed by atoms with Crippen molar-refractivity contribution in [1.82, 2.24) is 9.80 Å². The maximum absolute atomic E-state index is 12.5. The van der Waals surface area contributed by atoms with Gasteiger partial charge in [-0.25, -0.2) is 4.79 Å². The number of benzene rings is 2. The van der Waals surface area contributed by atoms with Crippen molar-refractivity contribution in [2.45, 2.75) is 26.3 Å². The molecule has 1 unspecified atom stereocenters. The van der Waals surface area contributed by atoms with Crippen LogP contribution in [0.5, 0.6) is 0 Å². The third-order valence-corrected chi connectivity index (χ3v) is 4.89. The minimum atomic E-state index is 0.0810. The quantitative estimate of drug-likeness (QED) is 0.783. The molecule has 3 rings (SSSR count). The van der Waals surface area contributed by atoms with E-state index in [0.29, 0.717) is 6.54 Å². The summed E-state index contributed by atoms with van der Waals surface area (Å²) >= 11 is 0. The molecule has 0 bridgehead atoms. The Kier molecular flexibility index (Phi) is 4.12. The highest BCUT2D eigenvalue weighted by Gasteiger charge is 2.31. The summed E-state index contributed by atoms with van der Waals surface area (Å²) in [6.07, 6.45) is 0. The molecule has 2 aromatic carbocycles. The van der Waals surface area contributed by atoms with Crippen molar-refractivity contribution in [2.24, 2.45) is 0 Å². The maximum Gasteiger partial charge on any atom is 0.319 e. The molecule has 1 heterocycles. The summed E-state index contributed by atoms with van der Waals surface area (Å²) in [4.78, 5) is 16.2. The van der Waals surface area contributed by atoms with Gasteiger partial charge in [0.2, 0.25) is 0 Å². The fourth-order valence-corrected chi connectivity index (χ4v) is 3.40. The van der Waals surface area contributed by atoms with Crippen molar-refractivity contribution in [3.8, 4) is 0 Å². The molecule has 0 spiro atoms. The lowest BCUT2D eigenvalue weighted by atomic mass is 9.82. The first kappa shape index (κ1) is 15.6. The highest BCUT2D eigenvalue weighted by molar-refractivity contribution is 5.74. The Morgan fingerprint density at radius 3 is 2.43 bits per heavy atom. The monoisotopic (exact) mass is 308 g/mol. The summed E-state index contributed by atoms with van der Waals surface area (Å²) in [5.41, 5.74) is 6.53. The fraction of sp³-hybridized carbons (Fsp3) is 0.350. The van der Waals surface area contributed by atoms with Gasteiger partial charge >= 0.3 is 6.03 Å². The third-order valence-electron chi connectivity index (χ3n) is 4.89. The number of fused-ring (bicyclic) bond motifs is 1. The van der Waals surface area contributed by atoms with Crippen molar-refractivity contribution in [1.29, 1.82) is 0 Å². The standard InChI is InChI=1S/C20H24N2O/c1-14-10-11-17-18(15(14)2)12-22(20(23)21(3)4)13-19(17)16-8-6-5-7-9-16/h5-11,19H,12-13H2,1-4H3. The zero-order valence-electron chi connectivity index (χ0n) is 14.3. The summed E-state index contributed by atoms with van der Waals surface area (Å²) in [7, 11) is 3.64. The van der Waals surface area contributed by atoms with E-state index >= 15 is 0 Å².